The molecule has 0 aromatic rings. The van der Waals surface area contributed by atoms with Gasteiger partial charge in [-0.1, -0.05) is 12.8 Å². The Balaban J connectivity index is 1.81. The van der Waals surface area contributed by atoms with E-state index in [1.165, 1.54) is 32.2 Å². The molecule has 0 radical (unpaired) electrons. The molecule has 80 valence electrons. The van der Waals surface area contributed by atoms with Gasteiger partial charge in [-0.3, -0.25) is 0 Å². The average Bonchev–Trinajstić information content (AvgIpc) is 2.55. The van der Waals surface area contributed by atoms with Crippen molar-refractivity contribution >= 4 is 8.53 Å². The first-order chi connectivity index (χ1) is 6.90. The minimum Gasteiger partial charge on any atom is -0.325 e. The van der Waals surface area contributed by atoms with E-state index < -0.39 is 8.53 Å². The fourth-order valence-electron chi connectivity index (χ4n) is 3.33. The molecule has 2 aliphatic heterocycles. The Morgan fingerprint density at radius 2 is 2.21 bits per heavy atom. The van der Waals surface area contributed by atoms with Crippen LogP contribution in [0.4, 0.5) is 0 Å². The number of hydrogen-bond acceptors (Lipinski definition) is 3. The van der Waals surface area contributed by atoms with Gasteiger partial charge < -0.3 is 9.05 Å². The number of nitrogens with zero attached hydrogens (tertiary/aromatic N) is 1. The van der Waals surface area contributed by atoms with Crippen LogP contribution in [-0.4, -0.2) is 31.0 Å². The molecule has 0 aromatic carbocycles. The molecule has 2 bridgehead atoms. The van der Waals surface area contributed by atoms with E-state index in [4.69, 9.17) is 9.05 Å². The third kappa shape index (κ3) is 1.34. The smallest absolute Gasteiger partial charge is 0.258 e. The summed E-state index contributed by atoms with van der Waals surface area (Å²) in [6, 6.07) is 0.780. The van der Waals surface area contributed by atoms with Crippen LogP contribution >= 0.6 is 8.53 Å². The first kappa shape index (κ1) is 9.53. The predicted octanol–water partition coefficient (Wildman–Crippen LogP) is 2.38. The Bertz CT molecular complexity index is 226. The molecule has 0 N–H and O–H groups in total. The highest BCUT2D eigenvalue weighted by Crippen LogP contribution is 2.57. The Morgan fingerprint density at radius 3 is 3.07 bits per heavy atom. The maximum Gasteiger partial charge on any atom is 0.258 e. The van der Waals surface area contributed by atoms with Gasteiger partial charge in [-0.25, -0.2) is 4.67 Å². The monoisotopic (exact) mass is 215 g/mol. The Kier molecular flexibility index (Phi) is 2.53. The summed E-state index contributed by atoms with van der Waals surface area (Å²) in [5, 5.41) is 0. The van der Waals surface area contributed by atoms with E-state index in [1.807, 2.05) is 0 Å². The molecule has 5 atom stereocenters. The van der Waals surface area contributed by atoms with Gasteiger partial charge in [0.1, 0.15) is 0 Å². The predicted molar refractivity (Wildman–Crippen MR) is 55.8 cm³/mol. The molecular weight excluding hydrogens is 197 g/mol. The van der Waals surface area contributed by atoms with Gasteiger partial charge in [-0.05, 0) is 18.8 Å². The Hall–Kier alpha value is 0.310. The van der Waals surface area contributed by atoms with Crippen LogP contribution in [-0.2, 0) is 9.05 Å². The van der Waals surface area contributed by atoms with E-state index in [0.29, 0.717) is 0 Å². The van der Waals surface area contributed by atoms with Gasteiger partial charge in [0.25, 0.3) is 8.53 Å². The van der Waals surface area contributed by atoms with Crippen LogP contribution in [0.25, 0.3) is 0 Å². The summed E-state index contributed by atoms with van der Waals surface area (Å²) in [5.41, 5.74) is 0. The molecule has 0 spiro atoms. The van der Waals surface area contributed by atoms with Gasteiger partial charge in [0.05, 0.1) is 6.61 Å². The highest BCUT2D eigenvalue weighted by atomic mass is 31.2. The molecule has 14 heavy (non-hydrogen) atoms. The normalized spacial score (nSPS) is 51.6. The molecule has 3 fully saturated rings. The zero-order valence-corrected chi connectivity index (χ0v) is 9.58. The standard InChI is InChI=1S/C10H18NO2P/c1-12-14-11-6-8(7-13-14)9-4-2-3-5-10(9)11/h8-10H,2-7H2,1H3/t8-,9+,10+,14?/m1/s1. The maximum atomic E-state index is 5.77. The van der Waals surface area contributed by atoms with Crippen LogP contribution in [0, 0.1) is 11.8 Å². The zero-order chi connectivity index (χ0) is 9.54. The van der Waals surface area contributed by atoms with Gasteiger partial charge >= 0.3 is 0 Å². The van der Waals surface area contributed by atoms with Crippen molar-refractivity contribution in [2.24, 2.45) is 11.8 Å². The molecule has 3 nitrogen and oxygen atoms in total. The van der Waals surface area contributed by atoms with E-state index in [-0.39, 0.29) is 0 Å². The first-order valence-corrected chi connectivity index (χ1v) is 6.77. The molecule has 1 saturated carbocycles. The summed E-state index contributed by atoms with van der Waals surface area (Å²) in [6.07, 6.45) is 5.61. The number of fused-ring (bicyclic) bond motifs is 5. The molecule has 4 heteroatoms. The fourth-order valence-corrected chi connectivity index (χ4v) is 4.98. The molecule has 0 aromatic heterocycles. The second kappa shape index (κ2) is 3.71. The first-order valence-electron chi connectivity index (χ1n) is 5.64. The van der Waals surface area contributed by atoms with Crippen LogP contribution in [0.15, 0.2) is 0 Å². The topological polar surface area (TPSA) is 21.7 Å². The average molecular weight is 215 g/mol. The lowest BCUT2D eigenvalue weighted by atomic mass is 9.80. The molecule has 2 saturated heterocycles. The quantitative estimate of drug-likeness (QED) is 0.627. The van der Waals surface area contributed by atoms with Gasteiger partial charge in [-0.2, -0.15) is 0 Å². The van der Waals surface area contributed by atoms with E-state index in [2.05, 4.69) is 4.67 Å². The summed E-state index contributed by atoms with van der Waals surface area (Å²) in [7, 11) is 1.08. The van der Waals surface area contributed by atoms with Crippen molar-refractivity contribution in [1.82, 2.24) is 4.67 Å². The second-order valence-electron chi connectivity index (χ2n) is 4.61. The highest BCUT2D eigenvalue weighted by molar-refractivity contribution is 7.44. The van der Waals surface area contributed by atoms with Gasteiger partial charge in [0, 0.05) is 25.6 Å². The van der Waals surface area contributed by atoms with E-state index in [1.54, 1.807) is 7.11 Å². The summed E-state index contributed by atoms with van der Waals surface area (Å²) in [5.74, 6) is 1.71. The van der Waals surface area contributed by atoms with E-state index >= 15 is 0 Å². The van der Waals surface area contributed by atoms with Crippen molar-refractivity contribution < 1.29 is 9.05 Å². The molecular formula is C10H18NO2P. The van der Waals surface area contributed by atoms with Crippen LogP contribution in [0.2, 0.25) is 0 Å². The third-order valence-electron chi connectivity index (χ3n) is 3.96. The SMILES string of the molecule is COP1OC[C@H]2CN1[C@H]1CCCC[C@@H]21. The van der Waals surface area contributed by atoms with E-state index in [9.17, 15) is 0 Å². The van der Waals surface area contributed by atoms with Crippen molar-refractivity contribution in [3.05, 3.63) is 0 Å². The lowest BCUT2D eigenvalue weighted by Gasteiger charge is -2.33. The number of hydrogen-bond donors (Lipinski definition) is 0. The number of rotatable bonds is 1. The van der Waals surface area contributed by atoms with Gasteiger partial charge in [0.15, 0.2) is 0 Å². The van der Waals surface area contributed by atoms with E-state index in [0.717, 1.165) is 24.5 Å². The molecule has 3 rings (SSSR count). The molecule has 0 amide bonds. The lowest BCUT2D eigenvalue weighted by Crippen LogP contribution is -2.31. The minimum absolute atomic E-state index is 0.702. The highest BCUT2D eigenvalue weighted by Gasteiger charge is 2.49. The van der Waals surface area contributed by atoms with Crippen molar-refractivity contribution in [3.63, 3.8) is 0 Å². The Labute approximate surface area is 86.7 Å². The maximum absolute atomic E-state index is 5.77. The van der Waals surface area contributed by atoms with Crippen molar-refractivity contribution in [3.8, 4) is 0 Å². The van der Waals surface area contributed by atoms with Gasteiger partial charge in [0.2, 0.25) is 0 Å². The lowest BCUT2D eigenvalue weighted by molar-refractivity contribution is 0.171. The molecule has 1 aliphatic carbocycles. The van der Waals surface area contributed by atoms with Crippen LogP contribution in [0.1, 0.15) is 25.7 Å². The molecule has 3 aliphatic rings. The summed E-state index contributed by atoms with van der Waals surface area (Å²) in [4.78, 5) is 0. The minimum atomic E-state index is -0.702. The largest absolute Gasteiger partial charge is 0.325 e. The van der Waals surface area contributed by atoms with Gasteiger partial charge in [-0.15, -0.1) is 0 Å². The summed E-state index contributed by atoms with van der Waals surface area (Å²) >= 11 is 0. The van der Waals surface area contributed by atoms with Crippen molar-refractivity contribution in [2.45, 2.75) is 31.7 Å². The molecule has 2 heterocycles. The van der Waals surface area contributed by atoms with Crippen LogP contribution in [0.3, 0.4) is 0 Å². The zero-order valence-electron chi connectivity index (χ0n) is 8.69. The second-order valence-corrected chi connectivity index (χ2v) is 6.23. The summed E-state index contributed by atoms with van der Waals surface area (Å²) < 4.78 is 13.7. The Morgan fingerprint density at radius 1 is 1.36 bits per heavy atom. The van der Waals surface area contributed by atoms with Crippen LogP contribution in [0.5, 0.6) is 0 Å². The van der Waals surface area contributed by atoms with Crippen molar-refractivity contribution in [2.75, 3.05) is 20.3 Å². The molecule has 2 unspecified atom stereocenters. The fraction of sp³-hybridized carbons (Fsp3) is 1.00. The summed E-state index contributed by atoms with van der Waals surface area (Å²) in [6.45, 7) is 2.17. The van der Waals surface area contributed by atoms with Crippen LogP contribution < -0.4 is 0 Å². The van der Waals surface area contributed by atoms with Crippen molar-refractivity contribution in [1.29, 1.82) is 0 Å². The third-order valence-corrected chi connectivity index (χ3v) is 5.52.